The largest absolute Gasteiger partial charge is 0.461 e. The van der Waals surface area contributed by atoms with Crippen LogP contribution in [0.1, 0.15) is 65.7 Å². The van der Waals surface area contributed by atoms with Crippen LogP contribution in [0.2, 0.25) is 0 Å². The summed E-state index contributed by atoms with van der Waals surface area (Å²) in [6.07, 6.45) is 8.05. The average Bonchev–Trinajstić information content (AvgIpc) is 3.38. The van der Waals surface area contributed by atoms with Crippen LogP contribution in [0.4, 0.5) is 0 Å². The molecule has 0 unspecified atom stereocenters. The number of carbonyl (C=O) groups is 1. The summed E-state index contributed by atoms with van der Waals surface area (Å²) in [5.41, 5.74) is -0.0435. The molecule has 0 bridgehead atoms. The van der Waals surface area contributed by atoms with Crippen molar-refractivity contribution in [3.8, 4) is 0 Å². The normalized spacial score (nSPS) is 31.6. The van der Waals surface area contributed by atoms with Gasteiger partial charge in [-0.05, 0) is 45.2 Å². The topological polar surface area (TPSA) is 38.8 Å². The van der Waals surface area contributed by atoms with Gasteiger partial charge in [-0.1, -0.05) is 27.2 Å². The Bertz CT molecular complexity index is 411. The second-order valence-corrected chi connectivity index (χ2v) is 8.24. The van der Waals surface area contributed by atoms with Crippen LogP contribution in [0.15, 0.2) is 0 Å². The molecule has 2 saturated carbocycles. The molecule has 1 aliphatic heterocycles. The van der Waals surface area contributed by atoms with Crippen LogP contribution in [0.5, 0.6) is 0 Å². The second-order valence-electron chi connectivity index (χ2n) is 8.24. The molecule has 0 spiro atoms. The first-order valence-corrected chi connectivity index (χ1v) is 9.58. The second kappa shape index (κ2) is 7.10. The Labute approximate surface area is 140 Å². The highest BCUT2D eigenvalue weighted by Gasteiger charge is 2.52. The molecule has 0 aromatic heterocycles. The van der Waals surface area contributed by atoms with E-state index in [1.54, 1.807) is 0 Å². The first kappa shape index (κ1) is 17.2. The van der Waals surface area contributed by atoms with Crippen LogP contribution in [-0.4, -0.2) is 48.8 Å². The van der Waals surface area contributed by atoms with Crippen molar-refractivity contribution in [3.63, 3.8) is 0 Å². The van der Waals surface area contributed by atoms with Gasteiger partial charge in [-0.3, -0.25) is 4.79 Å². The van der Waals surface area contributed by atoms with Gasteiger partial charge in [0.15, 0.2) is 0 Å². The van der Waals surface area contributed by atoms with E-state index >= 15 is 0 Å². The Kier molecular flexibility index (Phi) is 5.32. The molecule has 3 fully saturated rings. The summed E-state index contributed by atoms with van der Waals surface area (Å²) in [6.45, 7) is 9.48. The van der Waals surface area contributed by atoms with Crippen molar-refractivity contribution >= 4 is 5.97 Å². The number of piperidine rings is 1. The lowest BCUT2D eigenvalue weighted by Gasteiger charge is -2.50. The number of carbonyl (C=O) groups excluding carboxylic acids is 1. The molecule has 0 amide bonds. The maximum Gasteiger partial charge on any atom is 0.309 e. The molecular weight excluding hydrogens is 290 g/mol. The predicted octanol–water partition coefficient (Wildman–Crippen LogP) is 3.39. The SMILES string of the molecule is CCCCO[C@@H]1C[C@H](OC(=O)C2CCN(C3CC3)CC2)C1(C)C. The zero-order valence-corrected chi connectivity index (χ0v) is 15.1. The summed E-state index contributed by atoms with van der Waals surface area (Å²) in [6, 6.07) is 0.818. The van der Waals surface area contributed by atoms with Crippen LogP contribution in [0.25, 0.3) is 0 Å². The number of ether oxygens (including phenoxy) is 2. The quantitative estimate of drug-likeness (QED) is 0.532. The van der Waals surface area contributed by atoms with Crippen molar-refractivity contribution in [2.24, 2.45) is 11.3 Å². The molecule has 1 saturated heterocycles. The lowest BCUT2D eigenvalue weighted by Crippen LogP contribution is -2.57. The number of esters is 1. The van der Waals surface area contributed by atoms with E-state index in [2.05, 4.69) is 25.7 Å². The van der Waals surface area contributed by atoms with Crippen molar-refractivity contribution in [1.29, 1.82) is 0 Å². The molecule has 0 radical (unpaired) electrons. The smallest absolute Gasteiger partial charge is 0.309 e. The van der Waals surface area contributed by atoms with Gasteiger partial charge >= 0.3 is 5.97 Å². The van der Waals surface area contributed by atoms with Crippen molar-refractivity contribution in [2.75, 3.05) is 19.7 Å². The molecule has 0 aromatic rings. The highest BCUT2D eigenvalue weighted by atomic mass is 16.6. The molecule has 3 aliphatic rings. The van der Waals surface area contributed by atoms with Gasteiger partial charge < -0.3 is 14.4 Å². The van der Waals surface area contributed by atoms with E-state index < -0.39 is 0 Å². The van der Waals surface area contributed by atoms with Crippen LogP contribution in [-0.2, 0) is 14.3 Å². The molecule has 4 heteroatoms. The van der Waals surface area contributed by atoms with Crippen LogP contribution >= 0.6 is 0 Å². The minimum absolute atomic E-state index is 0.0306. The predicted molar refractivity (Wildman–Crippen MR) is 90.2 cm³/mol. The minimum atomic E-state index is -0.0435. The van der Waals surface area contributed by atoms with Gasteiger partial charge in [0, 0.05) is 24.5 Å². The fourth-order valence-corrected chi connectivity index (χ4v) is 3.88. The minimum Gasteiger partial charge on any atom is -0.461 e. The zero-order chi connectivity index (χ0) is 16.4. The number of rotatable bonds is 7. The first-order valence-electron chi connectivity index (χ1n) is 9.58. The van der Waals surface area contributed by atoms with Gasteiger partial charge in [-0.15, -0.1) is 0 Å². The van der Waals surface area contributed by atoms with E-state index in [9.17, 15) is 4.79 Å². The highest BCUT2D eigenvalue weighted by Crippen LogP contribution is 2.45. The molecular formula is C19H33NO3. The molecule has 23 heavy (non-hydrogen) atoms. The fraction of sp³-hybridized carbons (Fsp3) is 0.947. The molecule has 0 aromatic carbocycles. The van der Waals surface area contributed by atoms with Crippen LogP contribution in [0, 0.1) is 11.3 Å². The van der Waals surface area contributed by atoms with E-state index in [4.69, 9.17) is 9.47 Å². The lowest BCUT2D eigenvalue weighted by molar-refractivity contribution is -0.207. The van der Waals surface area contributed by atoms with Gasteiger partial charge in [0.05, 0.1) is 12.0 Å². The molecule has 132 valence electrons. The van der Waals surface area contributed by atoms with Gasteiger partial charge in [0.25, 0.3) is 0 Å². The molecule has 2 atom stereocenters. The summed E-state index contributed by atoms with van der Waals surface area (Å²) < 4.78 is 11.8. The standard InChI is InChI=1S/C19H33NO3/c1-4-5-12-22-16-13-17(19(16,2)3)23-18(21)14-8-10-20(11-9-14)15-6-7-15/h14-17H,4-13H2,1-3H3/t16-,17+/m1/s1. The summed E-state index contributed by atoms with van der Waals surface area (Å²) in [5.74, 6) is 0.145. The molecule has 2 aliphatic carbocycles. The van der Waals surface area contributed by atoms with Gasteiger partial charge in [0.1, 0.15) is 6.10 Å². The number of hydrogen-bond acceptors (Lipinski definition) is 4. The highest BCUT2D eigenvalue weighted by molar-refractivity contribution is 5.73. The van der Waals surface area contributed by atoms with E-state index in [0.717, 1.165) is 57.8 Å². The van der Waals surface area contributed by atoms with E-state index in [0.29, 0.717) is 0 Å². The Hall–Kier alpha value is -0.610. The van der Waals surface area contributed by atoms with Crippen molar-refractivity contribution in [3.05, 3.63) is 0 Å². The number of nitrogens with zero attached hydrogens (tertiary/aromatic N) is 1. The monoisotopic (exact) mass is 323 g/mol. The summed E-state index contributed by atoms with van der Waals surface area (Å²) in [5, 5.41) is 0. The van der Waals surface area contributed by atoms with Crippen LogP contribution < -0.4 is 0 Å². The fourth-order valence-electron chi connectivity index (χ4n) is 3.88. The summed E-state index contributed by atoms with van der Waals surface area (Å²) in [7, 11) is 0. The number of hydrogen-bond donors (Lipinski definition) is 0. The van der Waals surface area contributed by atoms with E-state index in [1.807, 2.05) is 0 Å². The van der Waals surface area contributed by atoms with Gasteiger partial charge in [-0.2, -0.15) is 0 Å². The number of unbranched alkanes of at least 4 members (excludes halogenated alkanes) is 1. The maximum atomic E-state index is 12.5. The third kappa shape index (κ3) is 3.90. The Morgan fingerprint density at radius 2 is 1.83 bits per heavy atom. The Morgan fingerprint density at radius 3 is 2.39 bits per heavy atom. The van der Waals surface area contributed by atoms with Crippen LogP contribution in [0.3, 0.4) is 0 Å². The Morgan fingerprint density at radius 1 is 1.13 bits per heavy atom. The summed E-state index contributed by atoms with van der Waals surface area (Å²) in [4.78, 5) is 15.0. The van der Waals surface area contributed by atoms with Crippen molar-refractivity contribution < 1.29 is 14.3 Å². The number of likely N-dealkylation sites (tertiary alicyclic amines) is 1. The van der Waals surface area contributed by atoms with E-state index in [-0.39, 0.29) is 29.5 Å². The molecule has 4 nitrogen and oxygen atoms in total. The van der Waals surface area contributed by atoms with Gasteiger partial charge in [-0.25, -0.2) is 0 Å². The Balaban J connectivity index is 1.40. The average molecular weight is 323 g/mol. The van der Waals surface area contributed by atoms with Crippen molar-refractivity contribution in [1.82, 2.24) is 4.90 Å². The maximum absolute atomic E-state index is 12.5. The molecule has 0 N–H and O–H groups in total. The van der Waals surface area contributed by atoms with Gasteiger partial charge in [0.2, 0.25) is 0 Å². The summed E-state index contributed by atoms with van der Waals surface area (Å²) >= 11 is 0. The lowest BCUT2D eigenvalue weighted by atomic mass is 9.66. The zero-order valence-electron chi connectivity index (χ0n) is 15.1. The third-order valence-corrected chi connectivity index (χ3v) is 6.09. The molecule has 1 heterocycles. The molecule has 3 rings (SSSR count). The third-order valence-electron chi connectivity index (χ3n) is 6.09. The van der Waals surface area contributed by atoms with E-state index in [1.165, 1.54) is 12.8 Å². The first-order chi connectivity index (χ1) is 11.0. The van der Waals surface area contributed by atoms with Crippen molar-refractivity contribution in [2.45, 2.75) is 84.0 Å².